The first-order chi connectivity index (χ1) is 49.7. The van der Waals surface area contributed by atoms with Crippen LogP contribution in [0.5, 0.6) is 0 Å². The number of Topliss-reactive ketones (excluding diaryl/α,β-unsaturated/α-hetero) is 5. The van der Waals surface area contributed by atoms with Gasteiger partial charge < -0.3 is 56.3 Å². The fourth-order valence-corrected chi connectivity index (χ4v) is 11.6. The van der Waals surface area contributed by atoms with E-state index in [0.29, 0.717) is 11.1 Å². The van der Waals surface area contributed by atoms with E-state index in [0.717, 1.165) is 16.0 Å². The molecule has 0 aliphatic rings. The Bertz CT molecular complexity index is 3610. The highest BCUT2D eigenvalue weighted by molar-refractivity contribution is 6.00. The Balaban J connectivity index is 1.51. The average Bonchev–Trinajstić information content (AvgIpc) is 0.842. The van der Waals surface area contributed by atoms with Gasteiger partial charge in [-0.2, -0.15) is 0 Å². The number of esters is 1. The highest BCUT2D eigenvalue weighted by Gasteiger charge is 2.39. The number of benzene rings is 4. The van der Waals surface area contributed by atoms with Crippen LogP contribution in [0.4, 0.5) is 4.79 Å². The van der Waals surface area contributed by atoms with Gasteiger partial charge >= 0.3 is 12.1 Å². The Morgan fingerprint density at radius 3 is 1.46 bits per heavy atom. The van der Waals surface area contributed by atoms with Crippen molar-refractivity contribution in [2.45, 2.75) is 227 Å². The zero-order valence-corrected chi connectivity index (χ0v) is 64.3. The van der Waals surface area contributed by atoms with E-state index in [1.165, 1.54) is 32.8 Å². The van der Waals surface area contributed by atoms with E-state index in [1.54, 1.807) is 165 Å². The molecule has 0 saturated heterocycles. The van der Waals surface area contributed by atoms with Crippen LogP contribution in [0.2, 0.25) is 0 Å². The van der Waals surface area contributed by atoms with E-state index >= 15 is 0 Å². The van der Waals surface area contributed by atoms with Crippen LogP contribution >= 0.6 is 0 Å². The lowest BCUT2D eigenvalue weighted by molar-refractivity contribution is -0.150. The van der Waals surface area contributed by atoms with E-state index < -0.39 is 172 Å². The summed E-state index contributed by atoms with van der Waals surface area (Å²) in [5.41, 5.74) is 6.46. The number of rotatable bonds is 44. The summed E-state index contributed by atoms with van der Waals surface area (Å²) < 4.78 is 16.8. The van der Waals surface area contributed by atoms with Gasteiger partial charge in [0, 0.05) is 76.8 Å². The predicted octanol–water partition coefficient (Wildman–Crippen LogP) is 7.82. The van der Waals surface area contributed by atoms with E-state index in [9.17, 15) is 67.1 Å². The van der Waals surface area contributed by atoms with Crippen molar-refractivity contribution in [3.05, 3.63) is 144 Å². The van der Waals surface area contributed by atoms with Crippen molar-refractivity contribution in [3.8, 4) is 0 Å². The van der Waals surface area contributed by atoms with E-state index in [4.69, 9.17) is 19.9 Å². The quantitative estimate of drug-likeness (QED) is 0.0230. The molecular weight excluding hydrogens is 1360 g/mol. The molecule has 4 aromatic carbocycles. The minimum absolute atomic E-state index is 0.0573. The fraction of sp³-hybridized carbons (Fsp3) is 0.531. The van der Waals surface area contributed by atoms with E-state index in [-0.39, 0.29) is 83.3 Å². The van der Waals surface area contributed by atoms with Gasteiger partial charge in [-0.05, 0) is 108 Å². The van der Waals surface area contributed by atoms with Gasteiger partial charge in [0.15, 0.2) is 28.9 Å². The molecule has 7 N–H and O–H groups in total. The largest absolute Gasteiger partial charge is 0.461 e. The molecule has 0 aliphatic heterocycles. The highest BCUT2D eigenvalue weighted by Crippen LogP contribution is 2.23. The zero-order valence-electron chi connectivity index (χ0n) is 64.3. The van der Waals surface area contributed by atoms with Gasteiger partial charge in [0.2, 0.25) is 41.4 Å². The summed E-state index contributed by atoms with van der Waals surface area (Å²) in [7, 11) is 2.73. The lowest BCUT2D eigenvalue weighted by Crippen LogP contribution is -2.57. The number of nitrogens with zero attached hydrogens (tertiary/aromatic N) is 2. The molecule has 25 heteroatoms. The van der Waals surface area contributed by atoms with Crippen LogP contribution in [0.3, 0.4) is 0 Å². The average molecular weight is 1470 g/mol. The molecule has 0 saturated carbocycles. The Hall–Kier alpha value is -9.78. The lowest BCUT2D eigenvalue weighted by atomic mass is 9.87. The Kier molecular flexibility index (Phi) is 35.9. The highest BCUT2D eigenvalue weighted by atomic mass is 16.6. The smallest absolute Gasteiger partial charge is 0.408 e. The topological polar surface area (TPSA) is 359 Å². The monoisotopic (exact) mass is 1470 g/mol. The molecule has 578 valence electrons. The third-order valence-corrected chi connectivity index (χ3v) is 17.7. The molecule has 4 aromatic rings. The number of nitrogens with two attached hydrogens (primary N) is 1. The number of carbonyl (C=O) groups is 14. The standard InChI is InChI=1S/C81H112N8O17/c1-50(2)40-60(83-71(96)39-37-66(91)64(45-57-32-24-18-25-33-57)89(15)77(101)53(6)42-68(93)61(44-56-30-22-17-23-31-56)86-79(103)106-81(11,12)13)67(92)41-52(5)74(98)87-73(51(3)4)69(94)46-59(43-55-28-20-16-21-29-55)76(100)84-62(47-72(97)104-48-58-34-26-19-27-35-58)78(102)88(14)54(7)75(99)85-63(49-105-80(8,9)10)65(90)36-38-70(82)95/h16-35,50-54,59-64,73H,36-49H2,1-15H3,(H2,82,95)(H,83,96)(H,84,100)(H,85,99)(H,86,103)(H,87,98)/t52-,53-,54+,59-,60+,61+,62+,63+,64+,73+/m1/s1. The second-order valence-corrected chi connectivity index (χ2v) is 30.1. The molecule has 106 heavy (non-hydrogen) atoms. The van der Waals surface area contributed by atoms with Gasteiger partial charge in [-0.3, -0.25) is 62.3 Å². The van der Waals surface area contributed by atoms with Gasteiger partial charge in [-0.25, -0.2) is 4.79 Å². The second-order valence-electron chi connectivity index (χ2n) is 30.1. The van der Waals surface area contributed by atoms with Gasteiger partial charge in [-0.1, -0.05) is 163 Å². The molecule has 25 nitrogen and oxygen atoms in total. The van der Waals surface area contributed by atoms with Gasteiger partial charge in [-0.15, -0.1) is 0 Å². The molecule has 0 bridgehead atoms. The minimum Gasteiger partial charge on any atom is -0.461 e. The number of hydrogen-bond donors (Lipinski definition) is 6. The van der Waals surface area contributed by atoms with Crippen molar-refractivity contribution in [1.82, 2.24) is 36.4 Å². The van der Waals surface area contributed by atoms with Gasteiger partial charge in [0.05, 0.1) is 42.8 Å². The maximum absolute atomic E-state index is 14.9. The molecule has 0 aliphatic carbocycles. The predicted molar refractivity (Wildman–Crippen MR) is 399 cm³/mol. The van der Waals surface area contributed by atoms with Crippen molar-refractivity contribution in [2.75, 3.05) is 20.7 Å². The molecule has 0 radical (unpaired) electrons. The maximum Gasteiger partial charge on any atom is 0.408 e. The molecule has 0 spiro atoms. The number of alkyl carbamates (subject to hydrolysis) is 1. The van der Waals surface area contributed by atoms with Crippen LogP contribution < -0.4 is 32.3 Å². The summed E-state index contributed by atoms with van der Waals surface area (Å²) >= 11 is 0. The number of carbonyl (C=O) groups excluding carboxylic acids is 14. The minimum atomic E-state index is -1.68. The molecule has 0 heterocycles. The molecule has 0 fully saturated rings. The summed E-state index contributed by atoms with van der Waals surface area (Å²) in [5, 5.41) is 13.5. The van der Waals surface area contributed by atoms with Gasteiger partial charge in [0.25, 0.3) is 0 Å². The fourth-order valence-electron chi connectivity index (χ4n) is 11.6. The Morgan fingerprint density at radius 2 is 0.943 bits per heavy atom. The SMILES string of the molecule is CC(C)C[C@H](NC(=O)CCC(=O)[C@H](Cc1ccccc1)N(C)C(=O)[C@H](C)CC(=O)[C@H](Cc1ccccc1)NC(=O)OC(C)(C)C)C(=O)C[C@@H](C)C(=O)N[C@H](C(=O)C[C@@H](Cc1ccccc1)C(=O)N[C@@H](CC(=O)OCc1ccccc1)C(=O)N(C)[C@@H](C)C(=O)N[C@@H](COC(C)(C)C)C(=O)CCC(N)=O)C(C)C. The molecule has 0 aromatic heterocycles. The second kappa shape index (κ2) is 43.0. The number of amides is 8. The van der Waals surface area contributed by atoms with Crippen molar-refractivity contribution < 1.29 is 81.3 Å². The van der Waals surface area contributed by atoms with Crippen LogP contribution in [0.1, 0.15) is 170 Å². The van der Waals surface area contributed by atoms with Crippen molar-refractivity contribution in [3.63, 3.8) is 0 Å². The molecular formula is C81H112N8O17. The molecule has 0 unspecified atom stereocenters. The molecule has 8 amide bonds. The first-order valence-corrected chi connectivity index (χ1v) is 36.3. The Labute approximate surface area is 624 Å². The van der Waals surface area contributed by atoms with Crippen molar-refractivity contribution in [1.29, 1.82) is 0 Å². The summed E-state index contributed by atoms with van der Waals surface area (Å²) in [6.07, 6.45) is -3.66. The summed E-state index contributed by atoms with van der Waals surface area (Å²) in [6.45, 7) is 21.3. The van der Waals surface area contributed by atoms with Crippen molar-refractivity contribution in [2.24, 2.45) is 35.3 Å². The zero-order chi connectivity index (χ0) is 79.2. The maximum atomic E-state index is 14.9. The number of hydrogen-bond acceptors (Lipinski definition) is 17. The number of nitrogens with one attached hydrogen (secondary N) is 5. The third-order valence-electron chi connectivity index (χ3n) is 17.7. The first-order valence-electron chi connectivity index (χ1n) is 36.3. The number of ether oxygens (including phenoxy) is 3. The molecule has 10 atom stereocenters. The first kappa shape index (κ1) is 88.6. The van der Waals surface area contributed by atoms with Gasteiger partial charge in [0.1, 0.15) is 30.3 Å². The molecule has 4 rings (SSSR count). The van der Waals surface area contributed by atoms with E-state index in [2.05, 4.69) is 26.6 Å². The number of ketones is 5. The third kappa shape index (κ3) is 31.9. The summed E-state index contributed by atoms with van der Waals surface area (Å²) in [6, 6.07) is 26.7. The lowest BCUT2D eigenvalue weighted by Gasteiger charge is -2.31. The summed E-state index contributed by atoms with van der Waals surface area (Å²) in [4.78, 5) is 197. The van der Waals surface area contributed by atoms with Crippen LogP contribution in [0.15, 0.2) is 121 Å². The van der Waals surface area contributed by atoms with Crippen LogP contribution in [0, 0.1) is 29.6 Å². The normalized spacial score (nSPS) is 14.3. The Morgan fingerprint density at radius 1 is 0.443 bits per heavy atom. The number of likely N-dealkylation sites (N-methyl/N-ethyl adjacent to an activating group) is 2. The van der Waals surface area contributed by atoms with Crippen LogP contribution in [0.25, 0.3) is 0 Å². The van der Waals surface area contributed by atoms with Crippen molar-refractivity contribution >= 4 is 82.3 Å². The van der Waals surface area contributed by atoms with Crippen LogP contribution in [-0.2, 0) is 102 Å². The van der Waals surface area contributed by atoms with E-state index in [1.807, 2.05) is 32.0 Å². The van der Waals surface area contributed by atoms with Crippen LogP contribution in [-0.4, -0.2) is 166 Å². The summed E-state index contributed by atoms with van der Waals surface area (Å²) in [5.74, 6) is -12.5. The number of primary amides is 1.